The Kier molecular flexibility index (Phi) is 4.72. The molecule has 0 fully saturated rings. The minimum Gasteiger partial charge on any atom is -0.395 e. The van der Waals surface area contributed by atoms with Crippen LogP contribution in [-0.4, -0.2) is 17.8 Å². The molecule has 0 aliphatic rings. The molecule has 0 amide bonds. The Balaban J connectivity index is 2.73. The van der Waals surface area contributed by atoms with E-state index < -0.39 is 0 Å². The number of aliphatic hydroxyl groups is 1. The molecule has 1 rings (SSSR count). The first-order chi connectivity index (χ1) is 7.17. The van der Waals surface area contributed by atoms with Gasteiger partial charge in [0.05, 0.1) is 6.61 Å². The summed E-state index contributed by atoms with van der Waals surface area (Å²) in [6.07, 6.45) is 0.869. The molecule has 2 atom stereocenters. The van der Waals surface area contributed by atoms with Crippen molar-refractivity contribution in [3.05, 3.63) is 35.6 Å². The summed E-state index contributed by atoms with van der Waals surface area (Å²) in [5.74, 6) is -0.218. The molecule has 1 unspecified atom stereocenters. The van der Waals surface area contributed by atoms with Gasteiger partial charge in [-0.2, -0.15) is 0 Å². The maximum atomic E-state index is 13.0. The molecule has 84 valence electrons. The predicted molar refractivity (Wildman–Crippen MR) is 59.1 cm³/mol. The van der Waals surface area contributed by atoms with E-state index in [1.54, 1.807) is 6.07 Å². The normalized spacial score (nSPS) is 14.9. The van der Waals surface area contributed by atoms with Crippen molar-refractivity contribution in [2.24, 2.45) is 0 Å². The fraction of sp³-hybridized carbons (Fsp3) is 0.500. The standard InChI is InChI=1S/C12H18FNO/c1-3-12(14-9(2)8-15)10-5-4-6-11(13)7-10/h4-7,9,12,14-15H,3,8H2,1-2H3/t9-,12?/m1/s1. The van der Waals surface area contributed by atoms with Crippen LogP contribution in [0.1, 0.15) is 31.9 Å². The van der Waals surface area contributed by atoms with Gasteiger partial charge in [0, 0.05) is 12.1 Å². The number of hydrogen-bond acceptors (Lipinski definition) is 2. The van der Waals surface area contributed by atoms with Gasteiger partial charge in [0.1, 0.15) is 5.82 Å². The average Bonchev–Trinajstić information content (AvgIpc) is 2.25. The van der Waals surface area contributed by atoms with Crippen molar-refractivity contribution in [1.82, 2.24) is 5.32 Å². The van der Waals surface area contributed by atoms with Crippen molar-refractivity contribution in [3.8, 4) is 0 Å². The highest BCUT2D eigenvalue weighted by Crippen LogP contribution is 2.17. The van der Waals surface area contributed by atoms with E-state index in [1.165, 1.54) is 12.1 Å². The maximum Gasteiger partial charge on any atom is 0.123 e. The van der Waals surface area contributed by atoms with Gasteiger partial charge in [-0.05, 0) is 31.0 Å². The van der Waals surface area contributed by atoms with Gasteiger partial charge in [0.2, 0.25) is 0 Å². The third-order valence-corrected chi connectivity index (χ3v) is 2.42. The molecule has 0 bridgehead atoms. The Bertz CT molecular complexity index is 303. The molecule has 15 heavy (non-hydrogen) atoms. The SMILES string of the molecule is CCC(N[C@H](C)CO)c1cccc(F)c1. The van der Waals surface area contributed by atoms with Gasteiger partial charge in [-0.25, -0.2) is 4.39 Å². The topological polar surface area (TPSA) is 32.3 Å². The lowest BCUT2D eigenvalue weighted by atomic mass is 10.0. The van der Waals surface area contributed by atoms with Gasteiger partial charge < -0.3 is 10.4 Å². The molecule has 0 heterocycles. The minimum absolute atomic E-state index is 0.0261. The second-order valence-electron chi connectivity index (χ2n) is 3.77. The van der Waals surface area contributed by atoms with Crippen molar-refractivity contribution in [2.75, 3.05) is 6.61 Å². The Morgan fingerprint density at radius 2 is 2.20 bits per heavy atom. The predicted octanol–water partition coefficient (Wildman–Crippen LogP) is 2.25. The van der Waals surface area contributed by atoms with E-state index in [4.69, 9.17) is 5.11 Å². The first-order valence-corrected chi connectivity index (χ1v) is 5.29. The van der Waals surface area contributed by atoms with Gasteiger partial charge in [0.25, 0.3) is 0 Å². The van der Waals surface area contributed by atoms with Crippen LogP contribution >= 0.6 is 0 Å². The molecule has 0 saturated heterocycles. The van der Waals surface area contributed by atoms with Crippen LogP contribution in [0.3, 0.4) is 0 Å². The second-order valence-corrected chi connectivity index (χ2v) is 3.77. The van der Waals surface area contributed by atoms with Crippen LogP contribution < -0.4 is 5.32 Å². The van der Waals surface area contributed by atoms with Crippen LogP contribution in [0.2, 0.25) is 0 Å². The third kappa shape index (κ3) is 3.61. The van der Waals surface area contributed by atoms with Crippen LogP contribution in [0.5, 0.6) is 0 Å². The lowest BCUT2D eigenvalue weighted by Gasteiger charge is -2.21. The van der Waals surface area contributed by atoms with E-state index in [-0.39, 0.29) is 24.5 Å². The van der Waals surface area contributed by atoms with E-state index in [9.17, 15) is 4.39 Å². The molecule has 1 aromatic rings. The first kappa shape index (κ1) is 12.1. The van der Waals surface area contributed by atoms with E-state index in [0.29, 0.717) is 0 Å². The van der Waals surface area contributed by atoms with Crippen molar-refractivity contribution in [3.63, 3.8) is 0 Å². The number of rotatable bonds is 5. The summed E-state index contributed by atoms with van der Waals surface area (Å²) in [5, 5.41) is 12.2. The van der Waals surface area contributed by atoms with Crippen molar-refractivity contribution < 1.29 is 9.50 Å². The molecule has 0 saturated carbocycles. The number of nitrogens with one attached hydrogen (secondary N) is 1. The van der Waals surface area contributed by atoms with E-state index in [2.05, 4.69) is 5.32 Å². The van der Waals surface area contributed by atoms with Crippen molar-refractivity contribution in [2.45, 2.75) is 32.4 Å². The highest BCUT2D eigenvalue weighted by Gasteiger charge is 2.12. The van der Waals surface area contributed by atoms with Gasteiger partial charge in [-0.15, -0.1) is 0 Å². The highest BCUT2D eigenvalue weighted by molar-refractivity contribution is 5.20. The van der Waals surface area contributed by atoms with Crippen LogP contribution in [0.4, 0.5) is 4.39 Å². The molecule has 2 nitrogen and oxygen atoms in total. The molecule has 3 heteroatoms. The quantitative estimate of drug-likeness (QED) is 0.783. The summed E-state index contributed by atoms with van der Waals surface area (Å²) in [5.41, 5.74) is 0.929. The zero-order chi connectivity index (χ0) is 11.3. The fourth-order valence-electron chi connectivity index (χ4n) is 1.57. The summed E-state index contributed by atoms with van der Waals surface area (Å²) in [6.45, 7) is 4.03. The summed E-state index contributed by atoms with van der Waals surface area (Å²) in [4.78, 5) is 0. The molecule has 0 spiro atoms. The Labute approximate surface area is 90.1 Å². The molecule has 2 N–H and O–H groups in total. The Hall–Kier alpha value is -0.930. The summed E-state index contributed by atoms with van der Waals surface area (Å²) >= 11 is 0. The summed E-state index contributed by atoms with van der Waals surface area (Å²) in [6, 6.07) is 6.70. The monoisotopic (exact) mass is 211 g/mol. The summed E-state index contributed by atoms with van der Waals surface area (Å²) < 4.78 is 13.0. The smallest absolute Gasteiger partial charge is 0.123 e. The van der Waals surface area contributed by atoms with Gasteiger partial charge in [0.15, 0.2) is 0 Å². The Morgan fingerprint density at radius 3 is 2.73 bits per heavy atom. The lowest BCUT2D eigenvalue weighted by molar-refractivity contribution is 0.239. The fourth-order valence-corrected chi connectivity index (χ4v) is 1.57. The average molecular weight is 211 g/mol. The second kappa shape index (κ2) is 5.83. The molecule has 1 aromatic carbocycles. The van der Waals surface area contributed by atoms with Crippen LogP contribution in [0.25, 0.3) is 0 Å². The number of halogens is 1. The summed E-state index contributed by atoms with van der Waals surface area (Å²) in [7, 11) is 0. The van der Waals surface area contributed by atoms with Gasteiger partial charge in [-0.1, -0.05) is 19.1 Å². The zero-order valence-electron chi connectivity index (χ0n) is 9.20. The van der Waals surface area contributed by atoms with E-state index >= 15 is 0 Å². The molecule has 0 radical (unpaired) electrons. The van der Waals surface area contributed by atoms with Crippen LogP contribution in [0, 0.1) is 5.82 Å². The van der Waals surface area contributed by atoms with Crippen molar-refractivity contribution in [1.29, 1.82) is 0 Å². The molecular formula is C12H18FNO. The van der Waals surface area contributed by atoms with Crippen LogP contribution in [0.15, 0.2) is 24.3 Å². The Morgan fingerprint density at radius 1 is 1.47 bits per heavy atom. The van der Waals surface area contributed by atoms with Gasteiger partial charge >= 0.3 is 0 Å². The molecule has 0 aliphatic heterocycles. The molecular weight excluding hydrogens is 193 g/mol. The van der Waals surface area contributed by atoms with E-state index in [0.717, 1.165) is 12.0 Å². The van der Waals surface area contributed by atoms with Crippen molar-refractivity contribution >= 4 is 0 Å². The number of benzene rings is 1. The molecule has 0 aliphatic carbocycles. The van der Waals surface area contributed by atoms with Crippen LogP contribution in [-0.2, 0) is 0 Å². The third-order valence-electron chi connectivity index (χ3n) is 2.42. The largest absolute Gasteiger partial charge is 0.395 e. The number of aliphatic hydroxyl groups excluding tert-OH is 1. The maximum absolute atomic E-state index is 13.0. The minimum atomic E-state index is -0.218. The number of hydrogen-bond donors (Lipinski definition) is 2. The first-order valence-electron chi connectivity index (χ1n) is 5.29. The highest BCUT2D eigenvalue weighted by atomic mass is 19.1. The molecule has 0 aromatic heterocycles. The zero-order valence-corrected chi connectivity index (χ0v) is 9.20. The lowest BCUT2D eigenvalue weighted by Crippen LogP contribution is -2.32. The van der Waals surface area contributed by atoms with E-state index in [1.807, 2.05) is 19.9 Å². The van der Waals surface area contributed by atoms with Gasteiger partial charge in [-0.3, -0.25) is 0 Å².